The van der Waals surface area contributed by atoms with Gasteiger partial charge in [-0.2, -0.15) is 12.8 Å². The van der Waals surface area contributed by atoms with Crippen molar-refractivity contribution in [1.29, 1.82) is 0 Å². The number of fused-ring (bicyclic) bond motifs is 1. The molecule has 2 atom stereocenters. The van der Waals surface area contributed by atoms with Crippen LogP contribution < -0.4 is 10.1 Å². The van der Waals surface area contributed by atoms with Crippen molar-refractivity contribution in [3.63, 3.8) is 0 Å². The van der Waals surface area contributed by atoms with Crippen LogP contribution in [-0.4, -0.2) is 48.6 Å². The summed E-state index contributed by atoms with van der Waals surface area (Å²) in [6.45, 7) is 0. The average Bonchev–Trinajstić information content (AvgIpc) is 3.78. The zero-order valence-electron chi connectivity index (χ0n) is 20.6. The van der Waals surface area contributed by atoms with Gasteiger partial charge in [-0.05, 0) is 66.8 Å². The number of rotatable bonds is 12. The van der Waals surface area contributed by atoms with Crippen LogP contribution in [0.3, 0.4) is 0 Å². The zero-order chi connectivity index (χ0) is 26.8. The van der Waals surface area contributed by atoms with Gasteiger partial charge in [0.15, 0.2) is 5.03 Å². The molecule has 1 amide bonds. The Hall–Kier alpha value is -3.54. The fraction of sp³-hybridized carbons (Fsp3) is 0.296. The maximum Gasteiger partial charge on any atom is 0.475 e. The van der Waals surface area contributed by atoms with Gasteiger partial charge in [-0.15, -0.1) is 0 Å². The summed E-state index contributed by atoms with van der Waals surface area (Å²) in [5.41, 5.74) is 0.928. The van der Waals surface area contributed by atoms with Gasteiger partial charge in [-0.25, -0.2) is 4.98 Å². The lowest BCUT2D eigenvalue weighted by atomic mass is 9.74. The van der Waals surface area contributed by atoms with Gasteiger partial charge in [0.2, 0.25) is 5.91 Å². The van der Waals surface area contributed by atoms with Gasteiger partial charge in [0, 0.05) is 6.21 Å². The summed E-state index contributed by atoms with van der Waals surface area (Å²) >= 11 is 0. The van der Waals surface area contributed by atoms with Crippen molar-refractivity contribution in [2.45, 2.75) is 36.7 Å². The second-order valence-electron chi connectivity index (χ2n) is 9.97. The van der Waals surface area contributed by atoms with Crippen LogP contribution in [0, 0.1) is 17.3 Å². The van der Waals surface area contributed by atoms with E-state index in [0.29, 0.717) is 23.8 Å². The molecule has 196 valence electrons. The lowest BCUT2D eigenvalue weighted by Crippen LogP contribution is -2.49. The number of nitrogens with zero attached hydrogens (tertiary/aromatic N) is 2. The van der Waals surface area contributed by atoms with E-state index >= 15 is 0 Å². The predicted molar refractivity (Wildman–Crippen MR) is 142 cm³/mol. The molecule has 0 radical (unpaired) electrons. The van der Waals surface area contributed by atoms with E-state index < -0.39 is 34.9 Å². The second kappa shape index (κ2) is 10.7. The van der Waals surface area contributed by atoms with Crippen molar-refractivity contribution >= 4 is 29.3 Å². The molecule has 11 heteroatoms. The Kier molecular flexibility index (Phi) is 7.33. The normalized spacial score (nSPS) is 21.3. The van der Waals surface area contributed by atoms with Crippen LogP contribution in [0.2, 0.25) is 0 Å². The molecule has 5 rings (SSSR count). The standard InChI is InChI=1S/C27H28BN3O6S/c32-26(31-24(28(33)34)16-27-14-21(27)15-27)20(13-19-7-3-1-4-8-19)17-30-38(35,36)25-12-11-23(18-29-25)37-22-9-5-2-6-10-22/h1-12,17-18,20-21,24,33-34H,13-16H2,(H,31,32)/b30-17+/t20?,21?,24-,27?/m0/s1. The third-order valence-electron chi connectivity index (χ3n) is 7.13. The SMILES string of the molecule is O=C(N[C@@H](CC12CC1C2)B(O)O)C(/C=N/S(=O)(=O)c1ccc(Oc2ccccc2)cn1)Cc1ccccc1. The minimum atomic E-state index is -4.20. The summed E-state index contributed by atoms with van der Waals surface area (Å²) < 4.78 is 35.2. The Labute approximate surface area is 221 Å². The number of carbonyl (C=O) groups excluding carboxylic acids is 1. The molecule has 1 aromatic heterocycles. The van der Waals surface area contributed by atoms with Gasteiger partial charge >= 0.3 is 7.12 Å². The van der Waals surface area contributed by atoms with Gasteiger partial charge in [0.1, 0.15) is 11.5 Å². The number of nitrogens with one attached hydrogen (secondary N) is 1. The molecule has 0 saturated heterocycles. The molecule has 3 aromatic rings. The fourth-order valence-corrected chi connectivity index (χ4v) is 5.43. The highest BCUT2D eigenvalue weighted by atomic mass is 32.2. The molecule has 1 unspecified atom stereocenters. The molecule has 38 heavy (non-hydrogen) atoms. The largest absolute Gasteiger partial charge is 0.475 e. The van der Waals surface area contributed by atoms with Crippen molar-refractivity contribution < 1.29 is 28.0 Å². The van der Waals surface area contributed by atoms with E-state index in [9.17, 15) is 23.3 Å². The van der Waals surface area contributed by atoms with E-state index in [2.05, 4.69) is 14.7 Å². The van der Waals surface area contributed by atoms with E-state index in [1.165, 1.54) is 18.3 Å². The molecule has 2 aliphatic carbocycles. The maximum absolute atomic E-state index is 13.2. The Morgan fingerprint density at radius 1 is 1.08 bits per heavy atom. The number of hydrogen-bond acceptors (Lipinski definition) is 7. The molecule has 2 saturated carbocycles. The molecule has 2 aromatic carbocycles. The Morgan fingerprint density at radius 2 is 1.74 bits per heavy atom. The zero-order valence-corrected chi connectivity index (χ0v) is 21.4. The number of benzene rings is 2. The number of carbonyl (C=O) groups is 1. The van der Waals surface area contributed by atoms with E-state index in [1.54, 1.807) is 12.1 Å². The van der Waals surface area contributed by atoms with Crippen molar-refractivity contribution in [3.05, 3.63) is 84.6 Å². The highest BCUT2D eigenvalue weighted by molar-refractivity contribution is 7.90. The number of pyridine rings is 1. The van der Waals surface area contributed by atoms with Gasteiger partial charge < -0.3 is 20.1 Å². The molecular weight excluding hydrogens is 505 g/mol. The summed E-state index contributed by atoms with van der Waals surface area (Å²) in [5, 5.41) is 22.1. The van der Waals surface area contributed by atoms with Crippen LogP contribution in [0.1, 0.15) is 24.8 Å². The summed E-state index contributed by atoms with van der Waals surface area (Å²) in [6, 6.07) is 20.9. The molecular formula is C27H28BN3O6S. The number of hydrogen-bond donors (Lipinski definition) is 3. The highest BCUT2D eigenvalue weighted by Gasteiger charge is 2.69. The van der Waals surface area contributed by atoms with Gasteiger partial charge in [-0.3, -0.25) is 4.79 Å². The molecule has 0 spiro atoms. The van der Waals surface area contributed by atoms with Gasteiger partial charge in [-0.1, -0.05) is 48.5 Å². The second-order valence-corrected chi connectivity index (χ2v) is 11.6. The molecule has 1 heterocycles. The topological polar surface area (TPSA) is 138 Å². The summed E-state index contributed by atoms with van der Waals surface area (Å²) in [5.74, 6) is -0.758. The van der Waals surface area contributed by atoms with Crippen LogP contribution in [-0.2, 0) is 21.2 Å². The quantitative estimate of drug-likeness (QED) is 0.240. The Bertz CT molecular complexity index is 1400. The predicted octanol–water partition coefficient (Wildman–Crippen LogP) is 2.79. The van der Waals surface area contributed by atoms with Crippen molar-refractivity contribution in [1.82, 2.24) is 10.3 Å². The first-order chi connectivity index (χ1) is 18.2. The van der Waals surface area contributed by atoms with Crippen LogP contribution in [0.15, 0.2) is 88.4 Å². The molecule has 2 fully saturated rings. The molecule has 3 N–H and O–H groups in total. The number of sulfonamides is 1. The number of aromatic nitrogens is 1. The maximum atomic E-state index is 13.2. The first-order valence-electron chi connectivity index (χ1n) is 12.4. The molecule has 2 aliphatic rings. The minimum Gasteiger partial charge on any atom is -0.456 e. The average molecular weight is 533 g/mol. The monoisotopic (exact) mass is 533 g/mol. The van der Waals surface area contributed by atoms with Gasteiger partial charge in [0.05, 0.1) is 18.1 Å². The molecule has 0 aliphatic heterocycles. The highest BCUT2D eigenvalue weighted by Crippen LogP contribution is 2.77. The van der Waals surface area contributed by atoms with Crippen LogP contribution in [0.25, 0.3) is 0 Å². The van der Waals surface area contributed by atoms with Crippen molar-refractivity contribution in [3.8, 4) is 11.5 Å². The Morgan fingerprint density at radius 3 is 2.32 bits per heavy atom. The number of para-hydroxylation sites is 1. The number of amides is 1. The lowest BCUT2D eigenvalue weighted by Gasteiger charge is -2.22. The third kappa shape index (κ3) is 6.29. The smallest absolute Gasteiger partial charge is 0.456 e. The van der Waals surface area contributed by atoms with Crippen LogP contribution in [0.4, 0.5) is 0 Å². The minimum absolute atomic E-state index is 0.121. The summed E-state index contributed by atoms with van der Waals surface area (Å²) in [4.78, 5) is 17.2. The lowest BCUT2D eigenvalue weighted by molar-refractivity contribution is -0.123. The number of ether oxygens (including phenoxy) is 1. The fourth-order valence-electron chi connectivity index (χ4n) is 4.59. The summed E-state index contributed by atoms with van der Waals surface area (Å²) in [6.07, 6.45) is 5.13. The third-order valence-corrected chi connectivity index (χ3v) is 8.30. The van der Waals surface area contributed by atoms with Crippen molar-refractivity contribution in [2.24, 2.45) is 21.6 Å². The van der Waals surface area contributed by atoms with Crippen molar-refractivity contribution in [2.75, 3.05) is 0 Å². The molecule has 9 nitrogen and oxygen atoms in total. The first kappa shape index (κ1) is 26.1. The van der Waals surface area contributed by atoms with Crippen LogP contribution >= 0.6 is 0 Å². The van der Waals surface area contributed by atoms with Gasteiger partial charge in [0.25, 0.3) is 10.0 Å². The van der Waals surface area contributed by atoms with E-state index in [0.717, 1.165) is 24.6 Å². The van der Waals surface area contributed by atoms with Crippen LogP contribution in [0.5, 0.6) is 11.5 Å². The van der Waals surface area contributed by atoms with E-state index in [4.69, 9.17) is 4.74 Å². The Balaban J connectivity index is 1.30. The molecule has 0 bridgehead atoms. The summed E-state index contributed by atoms with van der Waals surface area (Å²) in [7, 11) is -5.92. The van der Waals surface area contributed by atoms with E-state index in [1.807, 2.05) is 48.5 Å². The van der Waals surface area contributed by atoms with E-state index in [-0.39, 0.29) is 16.9 Å². The first-order valence-corrected chi connectivity index (χ1v) is 13.9.